The molecular weight excluding hydrogens is 374 g/mol. The highest BCUT2D eigenvalue weighted by Gasteiger charge is 2.31. The highest BCUT2D eigenvalue weighted by Crippen LogP contribution is 2.28. The quantitative estimate of drug-likeness (QED) is 0.603. The Hall–Kier alpha value is -3.46. The van der Waals surface area contributed by atoms with Crippen LogP contribution in [0.2, 0.25) is 0 Å². The Labute approximate surface area is 165 Å². The number of rotatable bonds is 4. The fourth-order valence-corrected chi connectivity index (χ4v) is 3.91. The summed E-state index contributed by atoms with van der Waals surface area (Å²) in [5.74, 6) is -0.319. The van der Waals surface area contributed by atoms with E-state index in [0.29, 0.717) is 29.8 Å². The van der Waals surface area contributed by atoms with Gasteiger partial charge in [-0.1, -0.05) is 24.3 Å². The van der Waals surface area contributed by atoms with Gasteiger partial charge in [-0.3, -0.25) is 24.6 Å². The minimum absolute atomic E-state index is 0.0643. The lowest BCUT2D eigenvalue weighted by Crippen LogP contribution is -2.50. The fraction of sp³-hybridized carbons (Fsp3) is 0.300. The van der Waals surface area contributed by atoms with Crippen LogP contribution >= 0.6 is 0 Å². The maximum absolute atomic E-state index is 12.7. The van der Waals surface area contributed by atoms with Gasteiger partial charge in [-0.25, -0.2) is 5.10 Å². The Bertz CT molecular complexity index is 1180. The van der Waals surface area contributed by atoms with E-state index < -0.39 is 23.4 Å². The first-order valence-electron chi connectivity index (χ1n) is 9.23. The zero-order chi connectivity index (χ0) is 20.7. The molecule has 0 saturated heterocycles. The van der Waals surface area contributed by atoms with Crippen molar-refractivity contribution >= 4 is 28.5 Å². The van der Waals surface area contributed by atoms with Crippen molar-refractivity contribution < 1.29 is 14.0 Å². The third kappa shape index (κ3) is 3.40. The number of amides is 2. The lowest BCUT2D eigenvalue weighted by Gasteiger charge is -2.34. The second kappa shape index (κ2) is 7.17. The lowest BCUT2D eigenvalue weighted by molar-refractivity contribution is -0.125. The summed E-state index contributed by atoms with van der Waals surface area (Å²) in [4.78, 5) is 38.6. The Kier molecular flexibility index (Phi) is 4.67. The summed E-state index contributed by atoms with van der Waals surface area (Å²) in [7, 11) is 0. The SMILES string of the molecule is Cc1n[nH]c(=O)c2c(NC(=O)CN3Cc4ccccc4C[C@H]3C(N)=O)oc(C)c12. The summed E-state index contributed by atoms with van der Waals surface area (Å²) < 4.78 is 5.62. The number of nitrogens with two attached hydrogens (primary N) is 1. The molecule has 29 heavy (non-hydrogen) atoms. The standard InChI is InChI=1S/C20H21N5O4/c1-10-16-11(2)29-20(17(16)19(28)24-23-10)22-15(26)9-25-8-13-6-4-3-5-12(13)7-14(25)18(21)27/h3-6,14H,7-9H2,1-2H3,(H2,21,27)(H,22,26)(H,24,28)/t14-/m0/s1. The first-order chi connectivity index (χ1) is 13.8. The minimum Gasteiger partial charge on any atom is -0.444 e. The molecule has 3 aromatic rings. The van der Waals surface area contributed by atoms with E-state index in [1.54, 1.807) is 18.7 Å². The maximum Gasteiger partial charge on any atom is 0.277 e. The van der Waals surface area contributed by atoms with Crippen LogP contribution in [0.4, 0.5) is 5.88 Å². The van der Waals surface area contributed by atoms with Gasteiger partial charge >= 0.3 is 0 Å². The van der Waals surface area contributed by atoms with Crippen LogP contribution in [0.1, 0.15) is 22.6 Å². The van der Waals surface area contributed by atoms with Crippen LogP contribution in [0.3, 0.4) is 0 Å². The van der Waals surface area contributed by atoms with Gasteiger partial charge in [-0.2, -0.15) is 5.10 Å². The molecule has 150 valence electrons. The van der Waals surface area contributed by atoms with Crippen molar-refractivity contribution in [3.05, 3.63) is 57.2 Å². The van der Waals surface area contributed by atoms with Crippen molar-refractivity contribution in [3.63, 3.8) is 0 Å². The normalized spacial score (nSPS) is 16.6. The van der Waals surface area contributed by atoms with Crippen LogP contribution < -0.4 is 16.6 Å². The van der Waals surface area contributed by atoms with Crippen LogP contribution in [-0.2, 0) is 22.6 Å². The Morgan fingerprint density at radius 2 is 2.00 bits per heavy atom. The van der Waals surface area contributed by atoms with Gasteiger partial charge in [0, 0.05) is 6.54 Å². The van der Waals surface area contributed by atoms with Gasteiger partial charge in [-0.05, 0) is 31.4 Å². The number of hydrogen-bond acceptors (Lipinski definition) is 6. The predicted octanol–water partition coefficient (Wildman–Crippen LogP) is 0.984. The number of aromatic nitrogens is 2. The van der Waals surface area contributed by atoms with Crippen LogP contribution in [-0.4, -0.2) is 39.5 Å². The molecule has 0 spiro atoms. The van der Waals surface area contributed by atoms with Gasteiger partial charge in [0.2, 0.25) is 17.7 Å². The molecule has 9 nitrogen and oxygen atoms in total. The third-order valence-corrected chi connectivity index (χ3v) is 5.27. The topological polar surface area (TPSA) is 134 Å². The number of furan rings is 1. The van der Waals surface area contributed by atoms with E-state index in [9.17, 15) is 14.4 Å². The summed E-state index contributed by atoms with van der Waals surface area (Å²) in [5, 5.41) is 9.81. The number of hydrogen-bond donors (Lipinski definition) is 3. The molecule has 0 unspecified atom stereocenters. The van der Waals surface area contributed by atoms with Gasteiger partial charge in [0.15, 0.2) is 0 Å². The molecule has 9 heteroatoms. The monoisotopic (exact) mass is 395 g/mol. The number of primary amides is 1. The molecule has 1 aliphatic heterocycles. The number of carbonyl (C=O) groups is 2. The number of aryl methyl sites for hydroxylation is 2. The lowest BCUT2D eigenvalue weighted by atomic mass is 9.93. The molecule has 2 amide bonds. The van der Waals surface area contributed by atoms with Crippen molar-refractivity contribution in [3.8, 4) is 0 Å². The molecule has 2 aromatic heterocycles. The number of nitrogens with zero attached hydrogens (tertiary/aromatic N) is 2. The Balaban J connectivity index is 1.59. The predicted molar refractivity (Wildman–Crippen MR) is 106 cm³/mol. The molecule has 3 heterocycles. The zero-order valence-electron chi connectivity index (χ0n) is 16.1. The van der Waals surface area contributed by atoms with Gasteiger partial charge in [0.05, 0.1) is 23.7 Å². The Morgan fingerprint density at radius 3 is 2.72 bits per heavy atom. The van der Waals surface area contributed by atoms with Crippen molar-refractivity contribution in [2.75, 3.05) is 11.9 Å². The van der Waals surface area contributed by atoms with Crippen LogP contribution in [0, 0.1) is 13.8 Å². The highest BCUT2D eigenvalue weighted by atomic mass is 16.4. The first kappa shape index (κ1) is 18.9. The number of fused-ring (bicyclic) bond motifs is 2. The molecule has 1 aliphatic rings. The number of benzene rings is 1. The van der Waals surface area contributed by atoms with E-state index >= 15 is 0 Å². The second-order valence-electron chi connectivity index (χ2n) is 7.22. The maximum atomic E-state index is 12.7. The van der Waals surface area contributed by atoms with Crippen LogP contribution in [0.5, 0.6) is 0 Å². The first-order valence-corrected chi connectivity index (χ1v) is 9.23. The zero-order valence-corrected chi connectivity index (χ0v) is 16.1. The van der Waals surface area contributed by atoms with E-state index in [4.69, 9.17) is 10.2 Å². The van der Waals surface area contributed by atoms with Crippen molar-refractivity contribution in [2.45, 2.75) is 32.9 Å². The summed E-state index contributed by atoms with van der Waals surface area (Å²) in [6.45, 7) is 3.82. The molecule has 1 atom stereocenters. The number of aromatic amines is 1. The van der Waals surface area contributed by atoms with E-state index in [1.165, 1.54) is 0 Å². The summed E-state index contributed by atoms with van der Waals surface area (Å²) >= 11 is 0. The molecule has 0 saturated carbocycles. The van der Waals surface area contributed by atoms with E-state index in [-0.39, 0.29) is 17.8 Å². The van der Waals surface area contributed by atoms with E-state index in [0.717, 1.165) is 11.1 Å². The average molecular weight is 395 g/mol. The molecule has 1 aromatic carbocycles. The smallest absolute Gasteiger partial charge is 0.277 e. The number of nitrogens with one attached hydrogen (secondary N) is 2. The van der Waals surface area contributed by atoms with Crippen molar-refractivity contribution in [1.29, 1.82) is 0 Å². The summed E-state index contributed by atoms with van der Waals surface area (Å²) in [5.41, 5.74) is 7.83. The summed E-state index contributed by atoms with van der Waals surface area (Å²) in [6.07, 6.45) is 0.451. The van der Waals surface area contributed by atoms with Gasteiger partial charge in [0.1, 0.15) is 11.1 Å². The number of anilines is 1. The molecule has 4 N–H and O–H groups in total. The molecule has 0 aliphatic carbocycles. The van der Waals surface area contributed by atoms with Gasteiger partial charge < -0.3 is 10.2 Å². The highest BCUT2D eigenvalue weighted by molar-refractivity contribution is 6.02. The Morgan fingerprint density at radius 1 is 1.28 bits per heavy atom. The largest absolute Gasteiger partial charge is 0.444 e. The average Bonchev–Trinajstić information content (AvgIpc) is 3.01. The van der Waals surface area contributed by atoms with Crippen LogP contribution in [0.25, 0.3) is 10.8 Å². The van der Waals surface area contributed by atoms with Gasteiger partial charge in [0.25, 0.3) is 5.56 Å². The molecule has 0 bridgehead atoms. The molecule has 4 rings (SSSR count). The number of carbonyl (C=O) groups excluding carboxylic acids is 2. The molecule has 0 radical (unpaired) electrons. The van der Waals surface area contributed by atoms with Crippen molar-refractivity contribution in [2.24, 2.45) is 5.73 Å². The molecule has 0 fully saturated rings. The summed E-state index contributed by atoms with van der Waals surface area (Å²) in [6, 6.07) is 7.18. The van der Waals surface area contributed by atoms with E-state index in [2.05, 4.69) is 15.5 Å². The van der Waals surface area contributed by atoms with Crippen LogP contribution in [0.15, 0.2) is 33.5 Å². The van der Waals surface area contributed by atoms with E-state index in [1.807, 2.05) is 24.3 Å². The van der Waals surface area contributed by atoms with Crippen molar-refractivity contribution in [1.82, 2.24) is 15.1 Å². The number of H-pyrrole nitrogens is 1. The fourth-order valence-electron chi connectivity index (χ4n) is 3.91. The third-order valence-electron chi connectivity index (χ3n) is 5.27. The molecular formula is C20H21N5O4. The minimum atomic E-state index is -0.583. The van der Waals surface area contributed by atoms with Gasteiger partial charge in [-0.15, -0.1) is 0 Å². The second-order valence-corrected chi connectivity index (χ2v) is 7.22.